The summed E-state index contributed by atoms with van der Waals surface area (Å²) < 4.78 is 9.67. The summed E-state index contributed by atoms with van der Waals surface area (Å²) in [7, 11) is 0. The summed E-state index contributed by atoms with van der Waals surface area (Å²) in [5.74, 6) is -0.495. The molecule has 1 aliphatic rings. The Kier molecular flexibility index (Phi) is 4.46. The van der Waals surface area contributed by atoms with Crippen LogP contribution in [-0.2, 0) is 14.3 Å². The Balaban J connectivity index is 2.45. The number of ether oxygens (including phenoxy) is 2. The molecule has 0 aromatic carbocycles. The van der Waals surface area contributed by atoms with E-state index in [4.69, 9.17) is 14.6 Å². The van der Waals surface area contributed by atoms with Gasteiger partial charge in [-0.15, -0.1) is 0 Å². The standard InChI is InChI=1S/C9H16O6/c1-2-3-6(11)15-9-8(13)7(12)5(10)4-14-9/h5,7-10,12-13H,2-4H2,1H3/t5-,7+,8-,9+/m1/s1. The molecule has 1 rings (SSSR count). The molecule has 0 aromatic rings. The zero-order valence-corrected chi connectivity index (χ0v) is 8.50. The quantitative estimate of drug-likeness (QED) is 0.515. The van der Waals surface area contributed by atoms with Crippen LogP contribution in [0.3, 0.4) is 0 Å². The van der Waals surface area contributed by atoms with Gasteiger partial charge in [0.25, 0.3) is 0 Å². The Morgan fingerprint density at radius 2 is 2.07 bits per heavy atom. The fourth-order valence-corrected chi connectivity index (χ4v) is 1.28. The largest absolute Gasteiger partial charge is 0.433 e. The Morgan fingerprint density at radius 1 is 1.40 bits per heavy atom. The van der Waals surface area contributed by atoms with E-state index in [1.54, 1.807) is 0 Å². The molecule has 0 unspecified atom stereocenters. The minimum Gasteiger partial charge on any atom is -0.433 e. The summed E-state index contributed by atoms with van der Waals surface area (Å²) in [5.41, 5.74) is 0. The van der Waals surface area contributed by atoms with Gasteiger partial charge >= 0.3 is 5.97 Å². The molecule has 6 nitrogen and oxygen atoms in total. The van der Waals surface area contributed by atoms with Gasteiger partial charge in [-0.05, 0) is 6.42 Å². The van der Waals surface area contributed by atoms with E-state index in [-0.39, 0.29) is 13.0 Å². The monoisotopic (exact) mass is 220 g/mol. The number of aliphatic hydroxyl groups excluding tert-OH is 3. The summed E-state index contributed by atoms with van der Waals surface area (Å²) in [6.07, 6.45) is -4.24. The summed E-state index contributed by atoms with van der Waals surface area (Å²) in [6.45, 7) is 1.65. The number of esters is 1. The van der Waals surface area contributed by atoms with Crippen LogP contribution in [0.4, 0.5) is 0 Å². The van der Waals surface area contributed by atoms with E-state index in [0.29, 0.717) is 6.42 Å². The van der Waals surface area contributed by atoms with Gasteiger partial charge in [0.15, 0.2) is 0 Å². The van der Waals surface area contributed by atoms with Crippen molar-refractivity contribution in [2.75, 3.05) is 6.61 Å². The van der Waals surface area contributed by atoms with Gasteiger partial charge < -0.3 is 24.8 Å². The van der Waals surface area contributed by atoms with Crippen LogP contribution in [0.2, 0.25) is 0 Å². The molecule has 0 aromatic heterocycles. The first-order valence-electron chi connectivity index (χ1n) is 4.91. The molecule has 6 heteroatoms. The van der Waals surface area contributed by atoms with Crippen LogP contribution >= 0.6 is 0 Å². The number of carbonyl (C=O) groups excluding carboxylic acids is 1. The minimum atomic E-state index is -1.41. The van der Waals surface area contributed by atoms with Crippen LogP contribution in [0.25, 0.3) is 0 Å². The number of hydrogen-bond donors (Lipinski definition) is 3. The maximum absolute atomic E-state index is 11.1. The highest BCUT2D eigenvalue weighted by Gasteiger charge is 2.39. The zero-order chi connectivity index (χ0) is 11.4. The smallest absolute Gasteiger partial charge is 0.308 e. The number of rotatable bonds is 3. The maximum Gasteiger partial charge on any atom is 0.308 e. The number of carbonyl (C=O) groups is 1. The molecule has 88 valence electrons. The molecule has 0 radical (unpaired) electrons. The second kappa shape index (κ2) is 5.41. The lowest BCUT2D eigenvalue weighted by Gasteiger charge is -2.34. The van der Waals surface area contributed by atoms with Crippen molar-refractivity contribution in [2.24, 2.45) is 0 Å². The minimum absolute atomic E-state index is 0.164. The van der Waals surface area contributed by atoms with Gasteiger partial charge in [0.2, 0.25) is 6.29 Å². The highest BCUT2D eigenvalue weighted by Crippen LogP contribution is 2.17. The Hall–Kier alpha value is -0.690. The molecule has 0 bridgehead atoms. The molecule has 4 atom stereocenters. The second-order valence-corrected chi connectivity index (χ2v) is 3.49. The van der Waals surface area contributed by atoms with Crippen LogP contribution in [0.5, 0.6) is 0 Å². The van der Waals surface area contributed by atoms with E-state index >= 15 is 0 Å². The topological polar surface area (TPSA) is 96.2 Å². The van der Waals surface area contributed by atoms with Gasteiger partial charge in [-0.3, -0.25) is 4.79 Å². The fourth-order valence-electron chi connectivity index (χ4n) is 1.28. The number of aliphatic hydroxyl groups is 3. The van der Waals surface area contributed by atoms with Crippen molar-refractivity contribution in [3.8, 4) is 0 Å². The van der Waals surface area contributed by atoms with E-state index in [1.807, 2.05) is 6.92 Å². The van der Waals surface area contributed by atoms with Crippen LogP contribution in [0.1, 0.15) is 19.8 Å². The lowest BCUT2D eigenvalue weighted by atomic mass is 10.1. The van der Waals surface area contributed by atoms with E-state index in [0.717, 1.165) is 0 Å². The van der Waals surface area contributed by atoms with Gasteiger partial charge in [0, 0.05) is 6.42 Å². The first-order valence-corrected chi connectivity index (χ1v) is 4.91. The predicted molar refractivity (Wildman–Crippen MR) is 48.8 cm³/mol. The summed E-state index contributed by atoms with van der Waals surface area (Å²) in [4.78, 5) is 11.1. The average molecular weight is 220 g/mol. The summed E-state index contributed by atoms with van der Waals surface area (Å²) in [6, 6.07) is 0. The highest BCUT2D eigenvalue weighted by molar-refractivity contribution is 5.69. The Bertz CT molecular complexity index is 219. The summed E-state index contributed by atoms with van der Waals surface area (Å²) in [5, 5.41) is 27.8. The van der Waals surface area contributed by atoms with Gasteiger partial charge in [0.1, 0.15) is 18.3 Å². The zero-order valence-electron chi connectivity index (χ0n) is 8.50. The third-order valence-corrected chi connectivity index (χ3v) is 2.16. The molecule has 1 saturated heterocycles. The Labute approximate surface area is 87.4 Å². The van der Waals surface area contributed by atoms with Gasteiger partial charge in [0.05, 0.1) is 6.61 Å². The SMILES string of the molecule is CCCC(=O)O[C@@H]1OC[C@@H](O)[C@H](O)[C@H]1O. The first-order chi connectivity index (χ1) is 7.06. The van der Waals surface area contributed by atoms with Crippen molar-refractivity contribution in [3.63, 3.8) is 0 Å². The molecule has 0 spiro atoms. The van der Waals surface area contributed by atoms with Gasteiger partial charge in [-0.25, -0.2) is 0 Å². The van der Waals surface area contributed by atoms with Crippen molar-refractivity contribution in [3.05, 3.63) is 0 Å². The van der Waals surface area contributed by atoms with E-state index in [1.165, 1.54) is 0 Å². The first kappa shape index (κ1) is 12.4. The molecule has 0 amide bonds. The molecular weight excluding hydrogens is 204 g/mol. The van der Waals surface area contributed by atoms with E-state index < -0.39 is 30.6 Å². The predicted octanol–water partition coefficient (Wildman–Crippen LogP) is -1.23. The van der Waals surface area contributed by atoms with Crippen LogP contribution in [0, 0.1) is 0 Å². The normalized spacial score (nSPS) is 36.3. The molecular formula is C9H16O6. The van der Waals surface area contributed by atoms with Crippen molar-refractivity contribution in [1.82, 2.24) is 0 Å². The molecule has 1 aliphatic heterocycles. The van der Waals surface area contributed by atoms with Crippen molar-refractivity contribution in [1.29, 1.82) is 0 Å². The molecule has 15 heavy (non-hydrogen) atoms. The van der Waals surface area contributed by atoms with E-state index in [9.17, 15) is 15.0 Å². The second-order valence-electron chi connectivity index (χ2n) is 3.49. The Morgan fingerprint density at radius 3 is 2.67 bits per heavy atom. The van der Waals surface area contributed by atoms with Crippen LogP contribution in [-0.4, -0.2) is 52.5 Å². The molecule has 3 N–H and O–H groups in total. The lowest BCUT2D eigenvalue weighted by Crippen LogP contribution is -2.54. The number of hydrogen-bond acceptors (Lipinski definition) is 6. The molecule has 0 saturated carbocycles. The summed E-state index contributed by atoms with van der Waals surface area (Å²) >= 11 is 0. The van der Waals surface area contributed by atoms with Crippen molar-refractivity contribution < 1.29 is 29.6 Å². The third kappa shape index (κ3) is 3.13. The van der Waals surface area contributed by atoms with Gasteiger partial charge in [-0.1, -0.05) is 6.92 Å². The van der Waals surface area contributed by atoms with Crippen LogP contribution in [0.15, 0.2) is 0 Å². The van der Waals surface area contributed by atoms with E-state index in [2.05, 4.69) is 0 Å². The van der Waals surface area contributed by atoms with Crippen molar-refractivity contribution >= 4 is 5.97 Å². The maximum atomic E-state index is 11.1. The van der Waals surface area contributed by atoms with Crippen LogP contribution < -0.4 is 0 Å². The highest BCUT2D eigenvalue weighted by atomic mass is 16.7. The van der Waals surface area contributed by atoms with Crippen molar-refractivity contribution in [2.45, 2.75) is 44.4 Å². The third-order valence-electron chi connectivity index (χ3n) is 2.16. The average Bonchev–Trinajstić information content (AvgIpc) is 2.20. The molecule has 1 heterocycles. The fraction of sp³-hybridized carbons (Fsp3) is 0.889. The molecule has 0 aliphatic carbocycles. The molecule has 1 fully saturated rings. The van der Waals surface area contributed by atoms with Gasteiger partial charge in [-0.2, -0.15) is 0 Å². The lowest BCUT2D eigenvalue weighted by molar-refractivity contribution is -0.262.